The molecule has 1 aromatic carbocycles. The van der Waals surface area contributed by atoms with E-state index in [1.165, 1.54) is 0 Å². The Morgan fingerprint density at radius 3 is 2.54 bits per heavy atom. The van der Waals surface area contributed by atoms with Crippen LogP contribution in [0.15, 0.2) is 24.0 Å². The lowest BCUT2D eigenvalue weighted by molar-refractivity contribution is -0.216. The van der Waals surface area contributed by atoms with E-state index in [-0.39, 0.29) is 24.7 Å². The number of esters is 1. The molecule has 4 aliphatic heterocycles. The van der Waals surface area contributed by atoms with Crippen LogP contribution in [0.3, 0.4) is 0 Å². The zero-order valence-corrected chi connectivity index (χ0v) is 23.7. The second-order valence-electron chi connectivity index (χ2n) is 12.1. The highest BCUT2D eigenvalue weighted by molar-refractivity contribution is 5.86. The maximum absolute atomic E-state index is 14.2. The fourth-order valence-corrected chi connectivity index (χ4v) is 7.27. The molecule has 2 fully saturated rings. The molecule has 0 saturated carbocycles. The minimum atomic E-state index is -1.57. The Bertz CT molecular complexity index is 1160. The van der Waals surface area contributed by atoms with Crippen LogP contribution in [-0.4, -0.2) is 71.8 Å². The first-order valence-electron chi connectivity index (χ1n) is 14.0. The second kappa shape index (κ2) is 10.3. The molecule has 0 spiro atoms. The van der Waals surface area contributed by atoms with E-state index in [2.05, 4.69) is 17.9 Å². The number of carboxylic acid groups (broad SMARTS) is 1. The van der Waals surface area contributed by atoms with Gasteiger partial charge in [0.15, 0.2) is 23.2 Å². The molecule has 0 amide bonds. The lowest BCUT2D eigenvalue weighted by Gasteiger charge is -2.46. The van der Waals surface area contributed by atoms with Gasteiger partial charge in [0.25, 0.3) is 0 Å². The summed E-state index contributed by atoms with van der Waals surface area (Å²) in [7, 11) is 1.58. The number of methoxy groups -OCH3 is 1. The van der Waals surface area contributed by atoms with E-state index in [4.69, 9.17) is 23.7 Å². The fourth-order valence-electron chi connectivity index (χ4n) is 7.27. The Balaban J connectivity index is 1.62. The van der Waals surface area contributed by atoms with Gasteiger partial charge in [-0.25, -0.2) is 4.79 Å². The molecule has 1 N–H and O–H groups in total. The number of ether oxygens (including phenoxy) is 5. The average Bonchev–Trinajstić information content (AvgIpc) is 3.45. The zero-order chi connectivity index (χ0) is 28.0. The molecule has 0 bridgehead atoms. The second-order valence-corrected chi connectivity index (χ2v) is 12.1. The van der Waals surface area contributed by atoms with Crippen LogP contribution in [0.4, 0.5) is 0 Å². The van der Waals surface area contributed by atoms with Crippen molar-refractivity contribution in [3.05, 3.63) is 35.1 Å². The Morgan fingerprint density at radius 1 is 1.13 bits per heavy atom. The number of hydrogen-bond acceptors (Lipinski definition) is 8. The van der Waals surface area contributed by atoms with Crippen LogP contribution < -0.4 is 9.47 Å². The van der Waals surface area contributed by atoms with Crippen molar-refractivity contribution in [1.82, 2.24) is 4.90 Å². The van der Waals surface area contributed by atoms with Crippen LogP contribution in [0, 0.1) is 0 Å². The van der Waals surface area contributed by atoms with E-state index >= 15 is 0 Å². The van der Waals surface area contributed by atoms with Gasteiger partial charge in [-0.1, -0.05) is 0 Å². The molecule has 0 aromatic heterocycles. The first kappa shape index (κ1) is 27.8. The molecule has 5 rings (SSSR count). The highest BCUT2D eigenvalue weighted by atomic mass is 16.7. The van der Waals surface area contributed by atoms with Gasteiger partial charge < -0.3 is 28.8 Å². The maximum Gasteiger partial charge on any atom is 0.339 e. The first-order valence-corrected chi connectivity index (χ1v) is 14.0. The molecular formula is C30H41NO8. The molecule has 2 unspecified atom stereocenters. The van der Waals surface area contributed by atoms with E-state index in [0.29, 0.717) is 17.9 Å². The number of carboxylic acids is 1. The van der Waals surface area contributed by atoms with Gasteiger partial charge in [-0.3, -0.25) is 9.69 Å². The van der Waals surface area contributed by atoms with Crippen molar-refractivity contribution in [2.75, 3.05) is 27.0 Å². The van der Waals surface area contributed by atoms with Crippen LogP contribution in [-0.2, 0) is 30.2 Å². The van der Waals surface area contributed by atoms with Gasteiger partial charge >= 0.3 is 11.9 Å². The number of carbonyl (C=O) groups excluding carboxylic acids is 1. The van der Waals surface area contributed by atoms with Gasteiger partial charge in [0.05, 0.1) is 19.1 Å². The summed E-state index contributed by atoms with van der Waals surface area (Å²) in [6, 6.07) is 4.09. The number of nitrogens with zero attached hydrogens (tertiary/aromatic N) is 1. The van der Waals surface area contributed by atoms with Crippen molar-refractivity contribution in [2.45, 2.75) is 101 Å². The molecule has 4 aliphatic rings. The van der Waals surface area contributed by atoms with Crippen molar-refractivity contribution in [2.24, 2.45) is 0 Å². The van der Waals surface area contributed by atoms with Crippen LogP contribution >= 0.6 is 0 Å². The monoisotopic (exact) mass is 543 g/mol. The van der Waals surface area contributed by atoms with Gasteiger partial charge in [-0.05, 0) is 102 Å². The average molecular weight is 544 g/mol. The lowest BCUT2D eigenvalue weighted by atomic mass is 9.73. The number of carbonyl (C=O) groups is 2. The summed E-state index contributed by atoms with van der Waals surface area (Å²) in [6.07, 6.45) is 5.05. The molecule has 4 heterocycles. The lowest BCUT2D eigenvalue weighted by Crippen LogP contribution is -2.56. The summed E-state index contributed by atoms with van der Waals surface area (Å²) in [5.41, 5.74) is -0.380. The fraction of sp³-hybridized carbons (Fsp3) is 0.667. The number of fused-ring (bicyclic) bond motifs is 3. The smallest absolute Gasteiger partial charge is 0.339 e. The molecule has 39 heavy (non-hydrogen) atoms. The third-order valence-electron chi connectivity index (χ3n) is 9.10. The highest BCUT2D eigenvalue weighted by Gasteiger charge is 2.55. The number of hydrogen-bond donors (Lipinski definition) is 1. The summed E-state index contributed by atoms with van der Waals surface area (Å²) in [4.78, 5) is 28.6. The van der Waals surface area contributed by atoms with E-state index < -0.39 is 35.7 Å². The minimum absolute atomic E-state index is 0.174. The number of benzene rings is 1. The molecule has 0 radical (unpaired) electrons. The van der Waals surface area contributed by atoms with Crippen LogP contribution in [0.25, 0.3) is 0 Å². The molecule has 0 aliphatic carbocycles. The molecule has 214 valence electrons. The standard InChI is InChI=1S/C30H41NO8/c1-6-21(35-5)26(38-27(34)30(17-24(32)33)12-7-10-28(2,3)39-30)25-20-16-23-22(36-18-37-23)15-19(20)9-14-31-13-8-11-29(25,31)4/h6,15-16,25-26H,7-14,17-18H2,1-5H3,(H,32,33)/b21-6+/t25?,26?,29-,30-/m0/s1. The third-order valence-corrected chi connectivity index (χ3v) is 9.10. The van der Waals surface area contributed by atoms with E-state index in [9.17, 15) is 14.7 Å². The summed E-state index contributed by atoms with van der Waals surface area (Å²) in [5, 5.41) is 9.80. The summed E-state index contributed by atoms with van der Waals surface area (Å²) >= 11 is 0. The molecule has 9 nitrogen and oxygen atoms in total. The van der Waals surface area contributed by atoms with Gasteiger partial charge in [0.1, 0.15) is 5.76 Å². The van der Waals surface area contributed by atoms with Crippen molar-refractivity contribution >= 4 is 11.9 Å². The van der Waals surface area contributed by atoms with Gasteiger partial charge in [-0.2, -0.15) is 0 Å². The number of aliphatic carboxylic acids is 1. The third kappa shape index (κ3) is 4.99. The maximum atomic E-state index is 14.2. The van der Waals surface area contributed by atoms with Crippen molar-refractivity contribution in [3.8, 4) is 11.5 Å². The van der Waals surface area contributed by atoms with Crippen LogP contribution in [0.5, 0.6) is 11.5 Å². The first-order chi connectivity index (χ1) is 18.5. The normalized spacial score (nSPS) is 30.6. The number of rotatable bonds is 7. The Labute approximate surface area is 230 Å². The van der Waals surface area contributed by atoms with Crippen LogP contribution in [0.1, 0.15) is 83.3 Å². The van der Waals surface area contributed by atoms with Gasteiger partial charge in [-0.15, -0.1) is 0 Å². The van der Waals surface area contributed by atoms with E-state index in [0.717, 1.165) is 55.6 Å². The van der Waals surface area contributed by atoms with Gasteiger partial charge in [0.2, 0.25) is 6.79 Å². The molecule has 9 heteroatoms. The molecular weight excluding hydrogens is 502 g/mol. The zero-order valence-electron chi connectivity index (χ0n) is 23.7. The Hall–Kier alpha value is -2.78. The Kier molecular flexibility index (Phi) is 7.35. The highest BCUT2D eigenvalue weighted by Crippen LogP contribution is 2.51. The van der Waals surface area contributed by atoms with Crippen molar-refractivity contribution < 1.29 is 38.4 Å². The van der Waals surface area contributed by atoms with Crippen LogP contribution in [0.2, 0.25) is 0 Å². The predicted molar refractivity (Wildman–Crippen MR) is 143 cm³/mol. The van der Waals surface area contributed by atoms with E-state index in [1.807, 2.05) is 32.9 Å². The van der Waals surface area contributed by atoms with Crippen molar-refractivity contribution in [3.63, 3.8) is 0 Å². The van der Waals surface area contributed by atoms with Crippen molar-refractivity contribution in [1.29, 1.82) is 0 Å². The van der Waals surface area contributed by atoms with Gasteiger partial charge in [0, 0.05) is 18.0 Å². The largest absolute Gasteiger partial charge is 0.497 e. The minimum Gasteiger partial charge on any atom is -0.497 e. The summed E-state index contributed by atoms with van der Waals surface area (Å²) in [6.45, 7) is 9.88. The molecule has 2 saturated heterocycles. The number of allylic oxidation sites excluding steroid dienone is 1. The topological polar surface area (TPSA) is 104 Å². The molecule has 4 atom stereocenters. The molecule has 1 aromatic rings. The summed E-state index contributed by atoms with van der Waals surface area (Å²) in [5.74, 6) is -0.116. The summed E-state index contributed by atoms with van der Waals surface area (Å²) < 4.78 is 30.1. The quantitative estimate of drug-likeness (QED) is 0.391. The predicted octanol–water partition coefficient (Wildman–Crippen LogP) is 4.56. The van der Waals surface area contributed by atoms with E-state index in [1.54, 1.807) is 7.11 Å². The SMILES string of the molecule is C/C=C(/OC)C(OC(=O)[C@@]1(CC(=O)O)CCCC(C)(C)O1)C1c2cc3c(cc2CCN2CCC[C@@]12C)OCO3. The Morgan fingerprint density at radius 2 is 1.87 bits per heavy atom.